The van der Waals surface area contributed by atoms with Crippen molar-refractivity contribution in [1.82, 2.24) is 39.5 Å². The van der Waals surface area contributed by atoms with Crippen LogP contribution in [0.15, 0.2) is 12.5 Å². The zero-order chi connectivity index (χ0) is 21.4. The minimum atomic E-state index is -0.129. The SMILES string of the molecule is CCn1ncc(-c2nc3c(O[C@H]4CCN(C(=O)NC(C)C)C4)ncnc3n2C)c1C. The fourth-order valence-electron chi connectivity index (χ4n) is 3.80. The maximum Gasteiger partial charge on any atom is 0.317 e. The third-order valence-electron chi connectivity index (χ3n) is 5.39. The van der Waals surface area contributed by atoms with Crippen molar-refractivity contribution in [3.8, 4) is 17.3 Å². The number of fused-ring (bicyclic) bond motifs is 1. The molecule has 1 saturated heterocycles. The fourth-order valence-corrected chi connectivity index (χ4v) is 3.80. The first kappa shape index (κ1) is 20.1. The van der Waals surface area contributed by atoms with Gasteiger partial charge in [-0.05, 0) is 27.7 Å². The summed E-state index contributed by atoms with van der Waals surface area (Å²) in [6.45, 7) is 9.96. The maximum atomic E-state index is 12.2. The lowest BCUT2D eigenvalue weighted by atomic mass is 10.2. The van der Waals surface area contributed by atoms with Crippen LogP contribution in [0.4, 0.5) is 4.79 Å². The van der Waals surface area contributed by atoms with Crippen LogP contribution in [0, 0.1) is 6.92 Å². The van der Waals surface area contributed by atoms with Gasteiger partial charge >= 0.3 is 6.03 Å². The summed E-state index contributed by atoms with van der Waals surface area (Å²) in [5, 5.41) is 7.35. The lowest BCUT2D eigenvalue weighted by molar-refractivity contribution is 0.183. The van der Waals surface area contributed by atoms with Crippen LogP contribution in [0.5, 0.6) is 5.88 Å². The number of urea groups is 1. The smallest absolute Gasteiger partial charge is 0.317 e. The Morgan fingerprint density at radius 1 is 1.37 bits per heavy atom. The Hall–Kier alpha value is -3.17. The minimum absolute atomic E-state index is 0.0625. The summed E-state index contributed by atoms with van der Waals surface area (Å²) >= 11 is 0. The molecule has 0 unspecified atom stereocenters. The topological polar surface area (TPSA) is 103 Å². The van der Waals surface area contributed by atoms with Crippen LogP contribution in [0.2, 0.25) is 0 Å². The number of ether oxygens (including phenoxy) is 1. The molecular formula is C20H28N8O2. The molecule has 1 N–H and O–H groups in total. The Bertz CT molecular complexity index is 1070. The van der Waals surface area contributed by atoms with E-state index in [4.69, 9.17) is 9.72 Å². The Balaban J connectivity index is 1.59. The Kier molecular flexibility index (Phi) is 5.31. The molecular weight excluding hydrogens is 384 g/mol. The first-order valence-corrected chi connectivity index (χ1v) is 10.3. The molecule has 4 rings (SSSR count). The average Bonchev–Trinajstić information content (AvgIpc) is 3.40. The number of aryl methyl sites for hydroxylation is 2. The lowest BCUT2D eigenvalue weighted by Crippen LogP contribution is -2.42. The van der Waals surface area contributed by atoms with Crippen molar-refractivity contribution in [2.45, 2.75) is 52.8 Å². The van der Waals surface area contributed by atoms with Gasteiger partial charge in [0.1, 0.15) is 18.3 Å². The number of nitrogens with one attached hydrogen (secondary N) is 1. The van der Waals surface area contributed by atoms with E-state index in [9.17, 15) is 4.79 Å². The number of nitrogens with zero attached hydrogens (tertiary/aromatic N) is 7. The monoisotopic (exact) mass is 412 g/mol. The van der Waals surface area contributed by atoms with E-state index in [0.29, 0.717) is 30.1 Å². The van der Waals surface area contributed by atoms with Gasteiger partial charge in [-0.3, -0.25) is 4.68 Å². The van der Waals surface area contributed by atoms with Crippen LogP contribution >= 0.6 is 0 Å². The molecule has 0 aromatic carbocycles. The molecule has 3 aromatic heterocycles. The van der Waals surface area contributed by atoms with Crippen molar-refractivity contribution in [2.75, 3.05) is 13.1 Å². The summed E-state index contributed by atoms with van der Waals surface area (Å²) in [6, 6.07) is 0.0406. The molecule has 1 aliphatic heterocycles. The van der Waals surface area contributed by atoms with Gasteiger partial charge in [0.05, 0.1) is 18.3 Å². The second kappa shape index (κ2) is 7.92. The molecule has 10 heteroatoms. The quantitative estimate of drug-likeness (QED) is 0.689. The maximum absolute atomic E-state index is 12.2. The number of imidazole rings is 1. The van der Waals surface area contributed by atoms with Crippen LogP contribution in [0.1, 0.15) is 32.9 Å². The Morgan fingerprint density at radius 2 is 2.17 bits per heavy atom. The highest BCUT2D eigenvalue weighted by Gasteiger charge is 2.29. The fraction of sp³-hybridized carbons (Fsp3) is 0.550. The number of hydrogen-bond donors (Lipinski definition) is 1. The molecule has 30 heavy (non-hydrogen) atoms. The number of hydrogen-bond acceptors (Lipinski definition) is 6. The van der Waals surface area contributed by atoms with E-state index < -0.39 is 0 Å². The standard InChI is InChI=1S/C20H28N8O2/c1-6-28-13(4)15(9-23-28)17-25-16-18(26(17)5)21-11-22-19(16)30-14-7-8-27(10-14)20(29)24-12(2)3/h9,11-12,14H,6-8,10H2,1-5H3,(H,24,29)/t14-/m0/s1. The number of carbonyl (C=O) groups excluding carboxylic acids is 1. The van der Waals surface area contributed by atoms with Crippen molar-refractivity contribution in [2.24, 2.45) is 7.05 Å². The van der Waals surface area contributed by atoms with Crippen LogP contribution in [-0.2, 0) is 13.6 Å². The summed E-state index contributed by atoms with van der Waals surface area (Å²) in [5.74, 6) is 1.22. The van der Waals surface area contributed by atoms with Gasteiger partial charge in [0.15, 0.2) is 11.2 Å². The largest absolute Gasteiger partial charge is 0.471 e. The predicted octanol–water partition coefficient (Wildman–Crippen LogP) is 2.13. The van der Waals surface area contributed by atoms with Gasteiger partial charge in [0.25, 0.3) is 0 Å². The molecule has 1 atom stereocenters. The van der Waals surface area contributed by atoms with Crippen LogP contribution in [0.25, 0.3) is 22.6 Å². The normalized spacial score (nSPS) is 16.6. The molecule has 160 valence electrons. The summed E-state index contributed by atoms with van der Waals surface area (Å²) < 4.78 is 10.0. The van der Waals surface area contributed by atoms with E-state index in [2.05, 4.69) is 27.3 Å². The molecule has 0 aliphatic carbocycles. The summed E-state index contributed by atoms with van der Waals surface area (Å²) in [6.07, 6.45) is 3.94. The van der Waals surface area contributed by atoms with Crippen LogP contribution < -0.4 is 10.1 Å². The van der Waals surface area contributed by atoms with Crippen molar-refractivity contribution in [3.63, 3.8) is 0 Å². The molecule has 0 saturated carbocycles. The molecule has 1 fully saturated rings. The van der Waals surface area contributed by atoms with Gasteiger partial charge in [-0.1, -0.05) is 0 Å². The van der Waals surface area contributed by atoms with Crippen LogP contribution in [-0.4, -0.2) is 65.5 Å². The third-order valence-corrected chi connectivity index (χ3v) is 5.39. The number of rotatable bonds is 5. The highest BCUT2D eigenvalue weighted by molar-refractivity contribution is 5.81. The number of aromatic nitrogens is 6. The minimum Gasteiger partial charge on any atom is -0.471 e. The van der Waals surface area contributed by atoms with E-state index in [1.807, 2.05) is 43.3 Å². The van der Waals surface area contributed by atoms with Crippen molar-refractivity contribution in [3.05, 3.63) is 18.2 Å². The zero-order valence-corrected chi connectivity index (χ0v) is 18.1. The molecule has 10 nitrogen and oxygen atoms in total. The van der Waals surface area contributed by atoms with Crippen molar-refractivity contribution < 1.29 is 9.53 Å². The first-order chi connectivity index (χ1) is 14.4. The first-order valence-electron chi connectivity index (χ1n) is 10.3. The second-order valence-electron chi connectivity index (χ2n) is 7.88. The van der Waals surface area contributed by atoms with Gasteiger partial charge in [0.2, 0.25) is 5.88 Å². The van der Waals surface area contributed by atoms with E-state index in [0.717, 1.165) is 30.0 Å². The number of amides is 2. The van der Waals surface area contributed by atoms with Gasteiger partial charge in [-0.15, -0.1) is 0 Å². The van der Waals surface area contributed by atoms with Gasteiger partial charge in [0, 0.05) is 38.3 Å². The van der Waals surface area contributed by atoms with E-state index >= 15 is 0 Å². The zero-order valence-electron chi connectivity index (χ0n) is 18.1. The highest BCUT2D eigenvalue weighted by Crippen LogP contribution is 2.29. The Morgan fingerprint density at radius 3 is 2.87 bits per heavy atom. The van der Waals surface area contributed by atoms with Crippen molar-refractivity contribution >= 4 is 17.2 Å². The van der Waals surface area contributed by atoms with E-state index in [1.54, 1.807) is 4.90 Å². The average molecular weight is 412 g/mol. The molecule has 3 aromatic rings. The van der Waals surface area contributed by atoms with Crippen LogP contribution in [0.3, 0.4) is 0 Å². The molecule has 1 aliphatic rings. The molecule has 0 bridgehead atoms. The number of carbonyl (C=O) groups is 1. The molecule has 4 heterocycles. The molecule has 0 radical (unpaired) electrons. The van der Waals surface area contributed by atoms with E-state index in [1.165, 1.54) is 6.33 Å². The lowest BCUT2D eigenvalue weighted by Gasteiger charge is -2.19. The molecule has 0 spiro atoms. The number of likely N-dealkylation sites (tertiary alicyclic amines) is 1. The van der Waals surface area contributed by atoms with E-state index in [-0.39, 0.29) is 18.2 Å². The third kappa shape index (κ3) is 3.57. The van der Waals surface area contributed by atoms with Gasteiger partial charge < -0.3 is 19.5 Å². The van der Waals surface area contributed by atoms with Gasteiger partial charge in [-0.2, -0.15) is 10.1 Å². The Labute approximate surface area is 175 Å². The van der Waals surface area contributed by atoms with Crippen molar-refractivity contribution in [1.29, 1.82) is 0 Å². The summed E-state index contributed by atoms with van der Waals surface area (Å²) in [4.78, 5) is 27.5. The second-order valence-corrected chi connectivity index (χ2v) is 7.88. The summed E-state index contributed by atoms with van der Waals surface area (Å²) in [5.41, 5.74) is 3.32. The summed E-state index contributed by atoms with van der Waals surface area (Å²) in [7, 11) is 1.93. The highest BCUT2D eigenvalue weighted by atomic mass is 16.5. The predicted molar refractivity (Wildman–Crippen MR) is 112 cm³/mol. The van der Waals surface area contributed by atoms with Gasteiger partial charge in [-0.25, -0.2) is 14.8 Å². The molecule has 2 amide bonds.